The number of esters is 1. The second-order valence-corrected chi connectivity index (χ2v) is 7.80. The maximum Gasteiger partial charge on any atom is 0.337 e. The van der Waals surface area contributed by atoms with Crippen molar-refractivity contribution in [1.29, 1.82) is 0 Å². The van der Waals surface area contributed by atoms with Gasteiger partial charge < -0.3 is 20.1 Å². The van der Waals surface area contributed by atoms with Crippen LogP contribution in [0.4, 0.5) is 5.69 Å². The van der Waals surface area contributed by atoms with Crippen LogP contribution in [0, 0.1) is 6.92 Å². The third kappa shape index (κ3) is 4.87. The van der Waals surface area contributed by atoms with E-state index < -0.39 is 12.1 Å². The first-order chi connectivity index (χ1) is 15.8. The van der Waals surface area contributed by atoms with E-state index in [-0.39, 0.29) is 23.9 Å². The van der Waals surface area contributed by atoms with Gasteiger partial charge in [-0.15, -0.1) is 0 Å². The van der Waals surface area contributed by atoms with Gasteiger partial charge in [0.1, 0.15) is 11.4 Å². The SMILES string of the molecule is COC(=O)c1cc(CNC(=O)[C@H]2Cc3ccccc3O2)cc(NC(=O)c2cc(C)nn2C)c1. The number of amides is 2. The number of rotatable bonds is 6. The highest BCUT2D eigenvalue weighted by Gasteiger charge is 2.28. The number of anilines is 1. The zero-order chi connectivity index (χ0) is 23.5. The van der Waals surface area contributed by atoms with Gasteiger partial charge in [0.2, 0.25) is 0 Å². The smallest absolute Gasteiger partial charge is 0.337 e. The average Bonchev–Trinajstić information content (AvgIpc) is 3.39. The molecule has 1 atom stereocenters. The molecule has 0 saturated carbocycles. The number of hydrogen-bond acceptors (Lipinski definition) is 6. The fourth-order valence-electron chi connectivity index (χ4n) is 3.75. The molecule has 2 aromatic carbocycles. The summed E-state index contributed by atoms with van der Waals surface area (Å²) in [6.07, 6.45) is -0.117. The summed E-state index contributed by atoms with van der Waals surface area (Å²) >= 11 is 0. The third-order valence-electron chi connectivity index (χ3n) is 5.31. The largest absolute Gasteiger partial charge is 0.480 e. The Morgan fingerprint density at radius 2 is 1.97 bits per heavy atom. The number of aromatic nitrogens is 2. The van der Waals surface area contributed by atoms with Crippen LogP contribution in [0.5, 0.6) is 5.75 Å². The molecule has 1 aromatic heterocycles. The van der Waals surface area contributed by atoms with Crippen LogP contribution >= 0.6 is 0 Å². The molecule has 0 aliphatic carbocycles. The summed E-state index contributed by atoms with van der Waals surface area (Å²) in [5.41, 5.74) is 3.36. The highest BCUT2D eigenvalue weighted by atomic mass is 16.5. The molecule has 0 fully saturated rings. The van der Waals surface area contributed by atoms with Crippen LogP contribution in [-0.2, 0) is 29.5 Å². The number of hydrogen-bond donors (Lipinski definition) is 2. The van der Waals surface area contributed by atoms with Crippen molar-refractivity contribution < 1.29 is 23.9 Å². The van der Waals surface area contributed by atoms with E-state index in [1.165, 1.54) is 17.9 Å². The molecular formula is C24H24N4O5. The molecule has 33 heavy (non-hydrogen) atoms. The molecule has 1 aliphatic rings. The van der Waals surface area contributed by atoms with Gasteiger partial charge in [0.25, 0.3) is 11.8 Å². The van der Waals surface area contributed by atoms with Gasteiger partial charge in [-0.05, 0) is 48.4 Å². The molecular weight excluding hydrogens is 424 g/mol. The second kappa shape index (κ2) is 9.15. The summed E-state index contributed by atoms with van der Waals surface area (Å²) in [6, 6.07) is 14.0. The van der Waals surface area contributed by atoms with Gasteiger partial charge in [0.15, 0.2) is 6.10 Å². The van der Waals surface area contributed by atoms with Crippen molar-refractivity contribution in [2.24, 2.45) is 7.05 Å². The van der Waals surface area contributed by atoms with E-state index >= 15 is 0 Å². The van der Waals surface area contributed by atoms with Crippen LogP contribution < -0.4 is 15.4 Å². The van der Waals surface area contributed by atoms with Crippen LogP contribution in [0.1, 0.15) is 37.7 Å². The van der Waals surface area contributed by atoms with Crippen LogP contribution in [0.2, 0.25) is 0 Å². The first kappa shape index (κ1) is 22.1. The zero-order valence-corrected chi connectivity index (χ0v) is 18.5. The number of benzene rings is 2. The summed E-state index contributed by atoms with van der Waals surface area (Å²) in [7, 11) is 2.96. The van der Waals surface area contributed by atoms with Crippen molar-refractivity contribution in [2.45, 2.75) is 26.0 Å². The molecule has 2 heterocycles. The van der Waals surface area contributed by atoms with Gasteiger partial charge in [-0.25, -0.2) is 4.79 Å². The Labute approximate surface area is 190 Å². The summed E-state index contributed by atoms with van der Waals surface area (Å²) in [5.74, 6) is -0.469. The molecule has 4 rings (SSSR count). The summed E-state index contributed by atoms with van der Waals surface area (Å²) in [5, 5.41) is 9.80. The number of nitrogens with zero attached hydrogens (tertiary/aromatic N) is 2. The van der Waals surface area contributed by atoms with Crippen LogP contribution in [-0.4, -0.2) is 40.8 Å². The van der Waals surface area contributed by atoms with Crippen LogP contribution in [0.15, 0.2) is 48.5 Å². The molecule has 9 nitrogen and oxygen atoms in total. The Balaban J connectivity index is 1.48. The van der Waals surface area contributed by atoms with E-state index in [1.54, 1.807) is 32.2 Å². The Morgan fingerprint density at radius 3 is 2.67 bits per heavy atom. The molecule has 0 spiro atoms. The van der Waals surface area contributed by atoms with Gasteiger partial charge in [0.05, 0.1) is 18.4 Å². The number of para-hydroxylation sites is 1. The number of methoxy groups -OCH3 is 1. The van der Waals surface area contributed by atoms with Crippen molar-refractivity contribution in [3.63, 3.8) is 0 Å². The van der Waals surface area contributed by atoms with Crippen LogP contribution in [0.25, 0.3) is 0 Å². The predicted octanol–water partition coefficient (Wildman–Crippen LogP) is 2.39. The second-order valence-electron chi connectivity index (χ2n) is 7.80. The fraction of sp³-hybridized carbons (Fsp3) is 0.250. The molecule has 0 unspecified atom stereocenters. The molecule has 1 aliphatic heterocycles. The Bertz CT molecular complexity index is 1210. The zero-order valence-electron chi connectivity index (χ0n) is 18.5. The molecule has 0 bridgehead atoms. The number of fused-ring (bicyclic) bond motifs is 1. The monoisotopic (exact) mass is 448 g/mol. The van der Waals surface area contributed by atoms with Crippen molar-refractivity contribution in [3.05, 3.63) is 76.6 Å². The van der Waals surface area contributed by atoms with Gasteiger partial charge in [-0.2, -0.15) is 5.10 Å². The predicted molar refractivity (Wildman–Crippen MR) is 120 cm³/mol. The van der Waals surface area contributed by atoms with E-state index in [0.29, 0.717) is 34.8 Å². The van der Waals surface area contributed by atoms with E-state index in [2.05, 4.69) is 15.7 Å². The number of ether oxygens (including phenoxy) is 2. The fourth-order valence-corrected chi connectivity index (χ4v) is 3.75. The first-order valence-electron chi connectivity index (χ1n) is 10.4. The van der Waals surface area contributed by atoms with E-state index in [0.717, 1.165) is 5.56 Å². The standard InChI is InChI=1S/C24H24N4O5/c1-14-8-19(28(2)27-14)22(29)26-18-10-15(9-17(11-18)24(31)32-3)13-25-23(30)21-12-16-6-4-5-7-20(16)33-21/h4-11,21H,12-13H2,1-3H3,(H,25,30)(H,26,29)/t21-/m1/s1. The number of carbonyl (C=O) groups excluding carboxylic acids is 3. The molecule has 2 N–H and O–H groups in total. The minimum Gasteiger partial charge on any atom is -0.480 e. The normalized spacial score (nSPS) is 14.2. The maximum absolute atomic E-state index is 12.7. The summed E-state index contributed by atoms with van der Waals surface area (Å²) in [4.78, 5) is 37.5. The third-order valence-corrected chi connectivity index (χ3v) is 5.31. The van der Waals surface area contributed by atoms with Gasteiger partial charge in [0, 0.05) is 25.7 Å². The lowest BCUT2D eigenvalue weighted by atomic mass is 10.1. The molecule has 9 heteroatoms. The molecule has 0 radical (unpaired) electrons. The Kier molecular flexibility index (Phi) is 6.12. The van der Waals surface area contributed by atoms with Crippen molar-refractivity contribution >= 4 is 23.5 Å². The topological polar surface area (TPSA) is 112 Å². The van der Waals surface area contributed by atoms with E-state index in [9.17, 15) is 14.4 Å². The van der Waals surface area contributed by atoms with E-state index in [1.807, 2.05) is 24.3 Å². The van der Waals surface area contributed by atoms with Crippen molar-refractivity contribution in [1.82, 2.24) is 15.1 Å². The highest BCUT2D eigenvalue weighted by Crippen LogP contribution is 2.28. The number of carbonyl (C=O) groups is 3. The minimum atomic E-state index is -0.613. The van der Waals surface area contributed by atoms with E-state index in [4.69, 9.17) is 9.47 Å². The highest BCUT2D eigenvalue weighted by molar-refractivity contribution is 6.04. The van der Waals surface area contributed by atoms with Crippen molar-refractivity contribution in [2.75, 3.05) is 12.4 Å². The molecule has 2 amide bonds. The minimum absolute atomic E-state index is 0.146. The lowest BCUT2D eigenvalue weighted by Crippen LogP contribution is -2.37. The number of aryl methyl sites for hydroxylation is 2. The first-order valence-corrected chi connectivity index (χ1v) is 10.4. The summed E-state index contributed by atoms with van der Waals surface area (Å²) < 4.78 is 12.0. The van der Waals surface area contributed by atoms with Gasteiger partial charge in [-0.3, -0.25) is 14.3 Å². The van der Waals surface area contributed by atoms with Crippen LogP contribution in [0.3, 0.4) is 0 Å². The Hall–Kier alpha value is -4.14. The van der Waals surface area contributed by atoms with Crippen molar-refractivity contribution in [3.8, 4) is 5.75 Å². The number of nitrogens with one attached hydrogen (secondary N) is 2. The maximum atomic E-state index is 12.7. The lowest BCUT2D eigenvalue weighted by Gasteiger charge is -2.13. The molecule has 170 valence electrons. The molecule has 3 aromatic rings. The van der Waals surface area contributed by atoms with Gasteiger partial charge >= 0.3 is 5.97 Å². The average molecular weight is 448 g/mol. The lowest BCUT2D eigenvalue weighted by molar-refractivity contribution is -0.127. The summed E-state index contributed by atoms with van der Waals surface area (Å²) in [6.45, 7) is 1.94. The quantitative estimate of drug-likeness (QED) is 0.560. The van der Waals surface area contributed by atoms with Gasteiger partial charge in [-0.1, -0.05) is 18.2 Å². The Morgan fingerprint density at radius 1 is 1.18 bits per heavy atom. The molecule has 0 saturated heterocycles.